The van der Waals surface area contributed by atoms with E-state index in [1.807, 2.05) is 4.90 Å². The number of piperidine rings is 2. The molecule has 1 N–H and O–H groups in total. The van der Waals surface area contributed by atoms with Gasteiger partial charge in [-0.15, -0.1) is 0 Å². The molecular formula is C18H22F2N2O3. The van der Waals surface area contributed by atoms with Crippen molar-refractivity contribution in [3.8, 4) is 0 Å². The minimum atomic E-state index is -0.767. The Hall–Kier alpha value is -2.02. The van der Waals surface area contributed by atoms with Gasteiger partial charge in [-0.05, 0) is 37.3 Å². The maximum Gasteiger partial charge on any atom is 0.254 e. The van der Waals surface area contributed by atoms with E-state index < -0.39 is 11.6 Å². The molecule has 25 heavy (non-hydrogen) atoms. The maximum absolute atomic E-state index is 13.4. The average Bonchev–Trinajstić information content (AvgIpc) is 2.59. The van der Waals surface area contributed by atoms with Gasteiger partial charge in [0, 0.05) is 50.3 Å². The smallest absolute Gasteiger partial charge is 0.254 e. The summed E-state index contributed by atoms with van der Waals surface area (Å²) in [7, 11) is 0. The minimum absolute atomic E-state index is 0.0139. The number of aliphatic hydroxyl groups is 1. The van der Waals surface area contributed by atoms with Crippen LogP contribution in [-0.4, -0.2) is 59.0 Å². The fourth-order valence-corrected chi connectivity index (χ4v) is 3.93. The first-order chi connectivity index (χ1) is 12.0. The zero-order valence-electron chi connectivity index (χ0n) is 14.0. The highest BCUT2D eigenvalue weighted by atomic mass is 19.1. The summed E-state index contributed by atoms with van der Waals surface area (Å²) >= 11 is 0. The Morgan fingerprint density at radius 1 is 1.20 bits per heavy atom. The number of carbonyl (C=O) groups excluding carboxylic acids is 2. The van der Waals surface area contributed by atoms with Crippen LogP contribution in [0.5, 0.6) is 0 Å². The Balaban J connectivity index is 1.70. The molecule has 2 heterocycles. The van der Waals surface area contributed by atoms with Gasteiger partial charge in [-0.3, -0.25) is 9.59 Å². The van der Waals surface area contributed by atoms with E-state index >= 15 is 0 Å². The largest absolute Gasteiger partial charge is 0.396 e. The third-order valence-electron chi connectivity index (χ3n) is 5.10. The van der Waals surface area contributed by atoms with E-state index in [0.29, 0.717) is 45.3 Å². The molecule has 2 aliphatic rings. The molecule has 7 heteroatoms. The fourth-order valence-electron chi connectivity index (χ4n) is 3.93. The van der Waals surface area contributed by atoms with Crippen molar-refractivity contribution in [1.29, 1.82) is 0 Å². The third kappa shape index (κ3) is 3.81. The first-order valence-electron chi connectivity index (χ1n) is 8.65. The lowest BCUT2D eigenvalue weighted by atomic mass is 9.83. The van der Waals surface area contributed by atoms with E-state index in [0.717, 1.165) is 18.2 Å². The van der Waals surface area contributed by atoms with Crippen molar-refractivity contribution >= 4 is 11.8 Å². The Kier molecular flexibility index (Phi) is 5.32. The number of hydrogen-bond donors (Lipinski definition) is 1. The number of halogens is 2. The molecule has 2 atom stereocenters. The number of fused-ring (bicyclic) bond motifs is 1. The Morgan fingerprint density at radius 3 is 2.60 bits per heavy atom. The second-order valence-corrected chi connectivity index (χ2v) is 6.73. The van der Waals surface area contributed by atoms with Gasteiger partial charge in [0.05, 0.1) is 0 Å². The quantitative estimate of drug-likeness (QED) is 0.899. The summed E-state index contributed by atoms with van der Waals surface area (Å²) in [5.41, 5.74) is 0.0139. The Morgan fingerprint density at radius 2 is 1.92 bits per heavy atom. The topological polar surface area (TPSA) is 60.9 Å². The molecule has 0 aromatic heterocycles. The lowest BCUT2D eigenvalue weighted by Gasteiger charge is -2.47. The van der Waals surface area contributed by atoms with E-state index in [1.54, 1.807) is 4.90 Å². The molecule has 0 radical (unpaired) electrons. The molecule has 3 rings (SSSR count). The molecule has 0 unspecified atom stereocenters. The van der Waals surface area contributed by atoms with Gasteiger partial charge in [-0.25, -0.2) is 8.78 Å². The average molecular weight is 352 g/mol. The van der Waals surface area contributed by atoms with Crippen LogP contribution in [0.15, 0.2) is 18.2 Å². The van der Waals surface area contributed by atoms with Gasteiger partial charge < -0.3 is 14.9 Å². The lowest BCUT2D eigenvalue weighted by molar-refractivity contribution is -0.140. The summed E-state index contributed by atoms with van der Waals surface area (Å²) in [6.45, 7) is 1.49. The van der Waals surface area contributed by atoms with Crippen LogP contribution in [0, 0.1) is 17.6 Å². The molecule has 0 bridgehead atoms. The van der Waals surface area contributed by atoms with E-state index in [1.165, 1.54) is 0 Å². The van der Waals surface area contributed by atoms with E-state index in [4.69, 9.17) is 5.11 Å². The van der Waals surface area contributed by atoms with Gasteiger partial charge in [0.15, 0.2) is 0 Å². The number of hydrogen-bond acceptors (Lipinski definition) is 3. The highest BCUT2D eigenvalue weighted by Gasteiger charge is 2.40. The summed E-state index contributed by atoms with van der Waals surface area (Å²) in [6, 6.07) is 2.92. The van der Waals surface area contributed by atoms with Gasteiger partial charge in [0.2, 0.25) is 5.91 Å². The lowest BCUT2D eigenvalue weighted by Crippen LogP contribution is -2.57. The number of benzene rings is 1. The third-order valence-corrected chi connectivity index (χ3v) is 5.10. The molecule has 2 fully saturated rings. The zero-order chi connectivity index (χ0) is 18.0. The van der Waals surface area contributed by atoms with Gasteiger partial charge in [-0.1, -0.05) is 0 Å². The van der Waals surface area contributed by atoms with Crippen LogP contribution in [0.2, 0.25) is 0 Å². The van der Waals surface area contributed by atoms with E-state index in [2.05, 4.69) is 0 Å². The molecule has 136 valence electrons. The van der Waals surface area contributed by atoms with Gasteiger partial charge >= 0.3 is 0 Å². The van der Waals surface area contributed by atoms with Gasteiger partial charge in [-0.2, -0.15) is 0 Å². The van der Waals surface area contributed by atoms with Gasteiger partial charge in [0.1, 0.15) is 11.6 Å². The highest BCUT2D eigenvalue weighted by Crippen LogP contribution is 2.32. The van der Waals surface area contributed by atoms with Crippen molar-refractivity contribution in [2.24, 2.45) is 5.92 Å². The van der Waals surface area contributed by atoms with E-state index in [-0.39, 0.29) is 35.9 Å². The maximum atomic E-state index is 13.4. The molecular weight excluding hydrogens is 330 g/mol. The fraction of sp³-hybridized carbons (Fsp3) is 0.556. The van der Waals surface area contributed by atoms with Gasteiger partial charge in [0.25, 0.3) is 5.91 Å². The number of likely N-dealkylation sites (tertiary alicyclic amines) is 2. The molecule has 0 aliphatic carbocycles. The standard InChI is InChI=1S/C18H22F2N2O3/c19-14-8-13(9-15(20)10-14)18(25)21-6-4-16-12(11-21)2-3-17(24)22(16)5-1-7-23/h8-10,12,16,23H,1-7,11H2/t12-,16+/m0/s1. The van der Waals surface area contributed by atoms with Crippen molar-refractivity contribution in [3.63, 3.8) is 0 Å². The minimum Gasteiger partial charge on any atom is -0.396 e. The summed E-state index contributed by atoms with van der Waals surface area (Å²) in [5.74, 6) is -1.65. The predicted molar refractivity (Wildman–Crippen MR) is 86.8 cm³/mol. The van der Waals surface area contributed by atoms with Crippen molar-refractivity contribution in [2.75, 3.05) is 26.2 Å². The molecule has 1 aromatic carbocycles. The highest BCUT2D eigenvalue weighted by molar-refractivity contribution is 5.94. The molecule has 2 aliphatic heterocycles. The van der Waals surface area contributed by atoms with Crippen LogP contribution in [0.25, 0.3) is 0 Å². The SMILES string of the molecule is O=C(c1cc(F)cc(F)c1)N1CC[C@@H]2[C@@H](CCC(=O)N2CCCO)C1. The molecule has 0 saturated carbocycles. The summed E-state index contributed by atoms with van der Waals surface area (Å²) in [6.07, 6.45) is 2.33. The Bertz CT molecular complexity index is 647. The van der Waals surface area contributed by atoms with Crippen LogP contribution in [0.4, 0.5) is 8.78 Å². The summed E-state index contributed by atoms with van der Waals surface area (Å²) in [5, 5.41) is 9.01. The number of amides is 2. The van der Waals surface area contributed by atoms with Crippen LogP contribution < -0.4 is 0 Å². The normalized spacial score (nSPS) is 23.6. The monoisotopic (exact) mass is 352 g/mol. The summed E-state index contributed by atoms with van der Waals surface area (Å²) in [4.78, 5) is 28.2. The Labute approximate surface area is 145 Å². The van der Waals surface area contributed by atoms with Crippen LogP contribution in [0.3, 0.4) is 0 Å². The molecule has 2 amide bonds. The summed E-state index contributed by atoms with van der Waals surface area (Å²) < 4.78 is 26.7. The zero-order valence-corrected chi connectivity index (χ0v) is 14.0. The van der Waals surface area contributed by atoms with E-state index in [9.17, 15) is 18.4 Å². The number of carbonyl (C=O) groups is 2. The second-order valence-electron chi connectivity index (χ2n) is 6.73. The molecule has 5 nitrogen and oxygen atoms in total. The van der Waals surface area contributed by atoms with Crippen molar-refractivity contribution in [2.45, 2.75) is 31.7 Å². The number of aliphatic hydroxyl groups excluding tert-OH is 1. The molecule has 1 aromatic rings. The van der Waals surface area contributed by atoms with Crippen LogP contribution in [0.1, 0.15) is 36.0 Å². The number of nitrogens with zero attached hydrogens (tertiary/aromatic N) is 2. The second kappa shape index (κ2) is 7.47. The first-order valence-corrected chi connectivity index (χ1v) is 8.65. The molecule has 0 spiro atoms. The predicted octanol–water partition coefficient (Wildman–Crippen LogP) is 1.80. The van der Waals surface area contributed by atoms with Crippen molar-refractivity contribution < 1.29 is 23.5 Å². The van der Waals surface area contributed by atoms with Crippen molar-refractivity contribution in [1.82, 2.24) is 9.80 Å². The van der Waals surface area contributed by atoms with Crippen molar-refractivity contribution in [3.05, 3.63) is 35.4 Å². The van der Waals surface area contributed by atoms with Crippen LogP contribution >= 0.6 is 0 Å². The van der Waals surface area contributed by atoms with Crippen LogP contribution in [-0.2, 0) is 4.79 Å². The first kappa shape index (κ1) is 17.8. The number of rotatable bonds is 4. The molecule has 2 saturated heterocycles.